The number of aryl methyl sites for hydroxylation is 1. The zero-order chi connectivity index (χ0) is 31.6. The van der Waals surface area contributed by atoms with Crippen LogP contribution < -0.4 is 5.19 Å². The van der Waals surface area contributed by atoms with Crippen LogP contribution in [0.15, 0.2) is 126 Å². The Morgan fingerprint density at radius 3 is 2.26 bits per heavy atom. The Bertz CT molecular complexity index is 2000. The van der Waals surface area contributed by atoms with Gasteiger partial charge >= 0.3 is 0 Å². The molecule has 0 atom stereocenters. The quantitative estimate of drug-likeness (QED) is 0.133. The van der Waals surface area contributed by atoms with Gasteiger partial charge in [0.25, 0.3) is 0 Å². The molecular formula is C38H32IrN2OSi-2. The number of nitrogens with zero attached hydrogens (tertiary/aromatic N) is 2. The van der Waals surface area contributed by atoms with E-state index >= 15 is 0 Å². The Labute approximate surface area is 272 Å². The van der Waals surface area contributed by atoms with Crippen molar-refractivity contribution in [2.75, 3.05) is 0 Å². The molecule has 0 aliphatic heterocycles. The van der Waals surface area contributed by atoms with E-state index in [1.165, 1.54) is 16.8 Å². The molecule has 0 unspecified atom stereocenters. The maximum absolute atomic E-state index is 7.35. The number of benzene rings is 4. The van der Waals surface area contributed by atoms with E-state index in [2.05, 4.69) is 84.2 Å². The third-order valence-corrected chi connectivity index (χ3v) is 9.21. The van der Waals surface area contributed by atoms with Gasteiger partial charge in [0.2, 0.25) is 0 Å². The molecule has 0 aliphatic rings. The summed E-state index contributed by atoms with van der Waals surface area (Å²) in [5.74, 6) is 0. The van der Waals surface area contributed by atoms with Crippen LogP contribution in [-0.4, -0.2) is 18.0 Å². The fourth-order valence-corrected chi connectivity index (χ4v) is 5.87. The van der Waals surface area contributed by atoms with E-state index in [0.29, 0.717) is 5.56 Å². The molecule has 0 fully saturated rings. The van der Waals surface area contributed by atoms with Gasteiger partial charge in [-0.15, -0.1) is 53.6 Å². The summed E-state index contributed by atoms with van der Waals surface area (Å²) in [6, 6.07) is 41.9. The second-order valence-corrected chi connectivity index (χ2v) is 16.2. The van der Waals surface area contributed by atoms with Gasteiger partial charge in [0.1, 0.15) is 5.58 Å². The minimum Gasteiger partial charge on any atom is -0.501 e. The van der Waals surface area contributed by atoms with Crippen molar-refractivity contribution in [2.24, 2.45) is 0 Å². The Balaban J connectivity index is 0.000000182. The van der Waals surface area contributed by atoms with Gasteiger partial charge in [-0.05, 0) is 39.8 Å². The Morgan fingerprint density at radius 1 is 0.744 bits per heavy atom. The van der Waals surface area contributed by atoms with Crippen LogP contribution in [0.4, 0.5) is 0 Å². The summed E-state index contributed by atoms with van der Waals surface area (Å²) >= 11 is 0. The second-order valence-electron chi connectivity index (χ2n) is 11.2. The molecular weight excluding hydrogens is 721 g/mol. The normalized spacial score (nSPS) is 12.4. The van der Waals surface area contributed by atoms with Crippen LogP contribution >= 0.6 is 0 Å². The summed E-state index contributed by atoms with van der Waals surface area (Å²) < 4.78 is 28.3. The van der Waals surface area contributed by atoms with E-state index in [0.717, 1.165) is 50.0 Å². The van der Waals surface area contributed by atoms with Crippen molar-refractivity contribution < 1.29 is 28.6 Å². The summed E-state index contributed by atoms with van der Waals surface area (Å²) in [4.78, 5) is 8.91. The van der Waals surface area contributed by atoms with Crippen molar-refractivity contribution in [2.45, 2.75) is 26.5 Å². The third kappa shape index (κ3) is 6.76. The fraction of sp³-hybridized carbons (Fsp3) is 0.105. The topological polar surface area (TPSA) is 38.9 Å². The summed E-state index contributed by atoms with van der Waals surface area (Å²) in [5, 5.41) is 3.51. The molecule has 7 rings (SSSR count). The van der Waals surface area contributed by atoms with Gasteiger partial charge in [0.15, 0.2) is 0 Å². The molecule has 5 heteroatoms. The van der Waals surface area contributed by atoms with Crippen molar-refractivity contribution in [3.8, 4) is 33.6 Å². The summed E-state index contributed by atoms with van der Waals surface area (Å²) in [5.41, 5.74) is 7.77. The minimum atomic E-state index is -2.08. The zero-order valence-electron chi connectivity index (χ0n) is 27.2. The average molecular weight is 756 g/mol. The molecule has 3 heterocycles. The van der Waals surface area contributed by atoms with E-state index in [1.54, 1.807) is 18.3 Å². The zero-order valence-corrected chi connectivity index (χ0v) is 27.6. The van der Waals surface area contributed by atoms with E-state index in [-0.39, 0.29) is 20.1 Å². The van der Waals surface area contributed by atoms with Gasteiger partial charge < -0.3 is 14.4 Å². The maximum Gasteiger partial charge on any atom is 0.121 e. The van der Waals surface area contributed by atoms with Gasteiger partial charge in [0.05, 0.1) is 13.7 Å². The number of rotatable bonds is 4. The molecule has 0 saturated heterocycles. The van der Waals surface area contributed by atoms with E-state index in [4.69, 9.17) is 8.53 Å². The molecule has 0 amide bonds. The van der Waals surface area contributed by atoms with Gasteiger partial charge in [-0.1, -0.05) is 104 Å². The van der Waals surface area contributed by atoms with Gasteiger partial charge in [-0.3, -0.25) is 0 Å². The van der Waals surface area contributed by atoms with Crippen molar-refractivity contribution in [1.82, 2.24) is 9.97 Å². The molecule has 43 heavy (non-hydrogen) atoms. The fourth-order valence-electron chi connectivity index (χ4n) is 4.83. The van der Waals surface area contributed by atoms with Crippen molar-refractivity contribution >= 4 is 35.2 Å². The number of hydrogen-bond acceptors (Lipinski definition) is 3. The molecule has 0 aliphatic carbocycles. The molecule has 3 nitrogen and oxygen atoms in total. The summed E-state index contributed by atoms with van der Waals surface area (Å²) in [6.45, 7) is 4.76. The summed E-state index contributed by atoms with van der Waals surface area (Å²) in [7, 11) is -1.34. The monoisotopic (exact) mass is 756 g/mol. The van der Waals surface area contributed by atoms with Crippen LogP contribution in [0, 0.1) is 19.0 Å². The molecule has 4 aromatic carbocycles. The van der Waals surface area contributed by atoms with Gasteiger partial charge in [-0.25, -0.2) is 0 Å². The van der Waals surface area contributed by atoms with Gasteiger partial charge in [-0.2, -0.15) is 0 Å². The smallest absolute Gasteiger partial charge is 0.121 e. The van der Waals surface area contributed by atoms with Crippen LogP contribution in [0.5, 0.6) is 0 Å². The van der Waals surface area contributed by atoms with E-state index in [9.17, 15) is 0 Å². The average Bonchev–Trinajstić information content (AvgIpc) is 3.43. The first kappa shape index (κ1) is 26.5. The second kappa shape index (κ2) is 13.0. The first-order valence-corrected chi connectivity index (χ1v) is 17.4. The molecule has 3 aromatic heterocycles. The summed E-state index contributed by atoms with van der Waals surface area (Å²) in [6.07, 6.45) is 3.71. The molecule has 215 valence electrons. The van der Waals surface area contributed by atoms with E-state index < -0.39 is 14.9 Å². The largest absolute Gasteiger partial charge is 0.501 e. The van der Waals surface area contributed by atoms with Gasteiger partial charge in [0, 0.05) is 42.0 Å². The predicted molar refractivity (Wildman–Crippen MR) is 177 cm³/mol. The van der Waals surface area contributed by atoms with Crippen LogP contribution in [0.2, 0.25) is 19.6 Å². The van der Waals surface area contributed by atoms with Crippen LogP contribution in [0.3, 0.4) is 0 Å². The Hall–Kier alpha value is -4.15. The molecule has 0 N–H and O–H groups in total. The first-order chi connectivity index (χ1) is 21.6. The molecule has 0 bridgehead atoms. The number of furan rings is 1. The van der Waals surface area contributed by atoms with Crippen LogP contribution in [-0.2, 0) is 20.1 Å². The Kier molecular flexibility index (Phi) is 8.01. The van der Waals surface area contributed by atoms with Crippen LogP contribution in [0.25, 0.3) is 55.6 Å². The number of pyridine rings is 2. The number of aromatic nitrogens is 2. The molecule has 0 saturated carbocycles. The van der Waals surface area contributed by atoms with E-state index in [1.807, 2.05) is 54.7 Å². The minimum absolute atomic E-state index is 0. The number of fused-ring (bicyclic) bond motifs is 3. The van der Waals surface area contributed by atoms with Crippen molar-refractivity contribution in [3.63, 3.8) is 0 Å². The maximum atomic E-state index is 7.35. The first-order valence-electron chi connectivity index (χ1n) is 15.4. The molecule has 0 spiro atoms. The molecule has 1 radical (unpaired) electrons. The third-order valence-electron chi connectivity index (χ3n) is 7.18. The Morgan fingerprint density at radius 2 is 1.58 bits per heavy atom. The predicted octanol–water partition coefficient (Wildman–Crippen LogP) is 9.52. The van der Waals surface area contributed by atoms with Crippen LogP contribution in [0.1, 0.15) is 9.68 Å². The molecule has 7 aromatic rings. The number of hydrogen-bond donors (Lipinski definition) is 0. The standard InChI is InChI=1S/C23H14NO.C15H18NSi.Ir/c1-2-7-16(8-3-1)17-12-13-18-19-9-6-10-20(21-11-4-5-14-24-21)23(19)25-22(18)15-17;1-12-5-7-13(8-6-12)15-10-9-14(11-16-15)17(2,3)4;/h1-9,11-15H;5-7,9-11H,1-4H3;/q2*-1;/i;1D3;. The SMILES string of the molecule is [2H]C([2H])([2H])c1c[c-]c(-c2ccc([Si](C)(C)C)cn2)cc1.[Ir].[c-]1ccc2c(oc3cc(-c4ccccc4)ccc32)c1-c1ccccn1. The van der Waals surface area contributed by atoms with Crippen molar-refractivity contribution in [3.05, 3.63) is 139 Å². The van der Waals surface area contributed by atoms with Crippen molar-refractivity contribution in [1.29, 1.82) is 0 Å².